The lowest BCUT2D eigenvalue weighted by Gasteiger charge is -2.09. The number of aliphatic hydroxyl groups excluding tert-OH is 1. The van der Waals surface area contributed by atoms with E-state index >= 15 is 0 Å². The molecule has 0 aromatic heterocycles. The minimum absolute atomic E-state index is 0.0590. The number of halogens is 1. The molecule has 0 heterocycles. The van der Waals surface area contributed by atoms with E-state index in [0.29, 0.717) is 18.5 Å². The number of benzene rings is 1. The van der Waals surface area contributed by atoms with Gasteiger partial charge in [-0.15, -0.1) is 0 Å². The van der Waals surface area contributed by atoms with Gasteiger partial charge in [0.15, 0.2) is 0 Å². The Morgan fingerprint density at radius 1 is 1.60 bits per heavy atom. The fraction of sp³-hybridized carbons (Fsp3) is 0.333. The molecule has 1 rings (SSSR count). The average Bonchev–Trinajstić information content (AvgIpc) is 2.18. The third kappa shape index (κ3) is 2.89. The van der Waals surface area contributed by atoms with Crippen molar-refractivity contribution in [3.8, 4) is 0 Å². The van der Waals surface area contributed by atoms with Crippen LogP contribution in [0.5, 0.6) is 0 Å². The smallest absolute Gasteiger partial charge is 0.288 e. The summed E-state index contributed by atoms with van der Waals surface area (Å²) < 4.78 is 0. The van der Waals surface area contributed by atoms with Crippen LogP contribution in [0.25, 0.3) is 0 Å². The topological polar surface area (TPSA) is 89.4 Å². The van der Waals surface area contributed by atoms with Gasteiger partial charge in [-0.3, -0.25) is 10.1 Å². The maximum atomic E-state index is 10.6. The maximum absolute atomic E-state index is 10.6. The third-order valence-corrected chi connectivity index (χ3v) is 2.31. The molecule has 0 saturated heterocycles. The molecule has 0 radical (unpaired) electrons. The van der Waals surface area contributed by atoms with Gasteiger partial charge in [-0.05, 0) is 24.6 Å². The van der Waals surface area contributed by atoms with Gasteiger partial charge in [0, 0.05) is 6.07 Å². The fourth-order valence-corrected chi connectivity index (χ4v) is 1.39. The normalized spacial score (nSPS) is 12.5. The molecule has 0 fully saturated rings. The van der Waals surface area contributed by atoms with Crippen LogP contribution >= 0.6 is 11.6 Å². The highest BCUT2D eigenvalue weighted by molar-refractivity contribution is 6.32. The number of nitrogens with two attached hydrogens (primary N) is 1. The van der Waals surface area contributed by atoms with Gasteiger partial charge in [0.25, 0.3) is 5.69 Å². The molecule has 0 spiro atoms. The molecule has 1 aromatic rings. The first kappa shape index (κ1) is 11.9. The van der Waals surface area contributed by atoms with Gasteiger partial charge in [-0.25, -0.2) is 0 Å². The Hall–Kier alpha value is -1.17. The van der Waals surface area contributed by atoms with Crippen molar-refractivity contribution in [3.05, 3.63) is 38.9 Å². The van der Waals surface area contributed by atoms with E-state index < -0.39 is 11.0 Å². The van der Waals surface area contributed by atoms with E-state index in [1.165, 1.54) is 12.1 Å². The van der Waals surface area contributed by atoms with E-state index in [4.69, 9.17) is 17.3 Å². The van der Waals surface area contributed by atoms with Crippen LogP contribution in [-0.2, 0) is 0 Å². The van der Waals surface area contributed by atoms with Crippen molar-refractivity contribution in [2.24, 2.45) is 5.73 Å². The third-order valence-electron chi connectivity index (χ3n) is 1.99. The van der Waals surface area contributed by atoms with Gasteiger partial charge < -0.3 is 10.8 Å². The zero-order chi connectivity index (χ0) is 11.4. The number of nitro groups is 1. The van der Waals surface area contributed by atoms with Crippen LogP contribution in [0.15, 0.2) is 18.2 Å². The molecule has 0 aliphatic carbocycles. The molecule has 15 heavy (non-hydrogen) atoms. The molecule has 0 bridgehead atoms. The second kappa shape index (κ2) is 5.06. The molecule has 0 amide bonds. The van der Waals surface area contributed by atoms with E-state index in [9.17, 15) is 15.2 Å². The SMILES string of the molecule is NCC[C@H](O)c1ccc(Cl)c([N+](=O)[O-])c1. The highest BCUT2D eigenvalue weighted by Gasteiger charge is 2.15. The van der Waals surface area contributed by atoms with Crippen LogP contribution < -0.4 is 5.73 Å². The van der Waals surface area contributed by atoms with Gasteiger partial charge in [-0.2, -0.15) is 0 Å². The predicted octanol–water partition coefficient (Wildman–Crippen LogP) is 1.63. The van der Waals surface area contributed by atoms with Crippen LogP contribution in [0, 0.1) is 10.1 Å². The Morgan fingerprint density at radius 2 is 2.27 bits per heavy atom. The molecule has 3 N–H and O–H groups in total. The van der Waals surface area contributed by atoms with Gasteiger partial charge >= 0.3 is 0 Å². The van der Waals surface area contributed by atoms with E-state index in [-0.39, 0.29) is 10.7 Å². The summed E-state index contributed by atoms with van der Waals surface area (Å²) in [6, 6.07) is 4.22. The molecule has 0 aliphatic heterocycles. The number of hydrogen-bond acceptors (Lipinski definition) is 4. The first-order valence-corrected chi connectivity index (χ1v) is 4.76. The Morgan fingerprint density at radius 3 is 2.80 bits per heavy atom. The molecule has 5 nitrogen and oxygen atoms in total. The summed E-state index contributed by atoms with van der Waals surface area (Å²) in [6.07, 6.45) is -0.426. The Labute approximate surface area is 91.6 Å². The van der Waals surface area contributed by atoms with Crippen LogP contribution in [0.4, 0.5) is 5.69 Å². The van der Waals surface area contributed by atoms with Crippen molar-refractivity contribution >= 4 is 17.3 Å². The Kier molecular flexibility index (Phi) is 4.02. The maximum Gasteiger partial charge on any atom is 0.288 e. The predicted molar refractivity (Wildman–Crippen MR) is 56.7 cm³/mol. The number of hydrogen-bond donors (Lipinski definition) is 2. The summed E-state index contributed by atoms with van der Waals surface area (Å²) in [5, 5.41) is 20.2. The highest BCUT2D eigenvalue weighted by atomic mass is 35.5. The van der Waals surface area contributed by atoms with Gasteiger partial charge in [0.1, 0.15) is 5.02 Å². The molecular formula is C9H11ClN2O3. The van der Waals surface area contributed by atoms with E-state index in [0.717, 1.165) is 0 Å². The molecule has 0 aliphatic rings. The minimum Gasteiger partial charge on any atom is -0.388 e. The largest absolute Gasteiger partial charge is 0.388 e. The summed E-state index contributed by atoms with van der Waals surface area (Å²) in [5.74, 6) is 0. The van der Waals surface area contributed by atoms with Crippen molar-refractivity contribution in [1.29, 1.82) is 0 Å². The van der Waals surface area contributed by atoms with Crippen LogP contribution in [0.1, 0.15) is 18.1 Å². The van der Waals surface area contributed by atoms with Crippen molar-refractivity contribution in [1.82, 2.24) is 0 Å². The van der Waals surface area contributed by atoms with E-state index in [2.05, 4.69) is 0 Å². The summed E-state index contributed by atoms with van der Waals surface area (Å²) in [6.45, 7) is 0.317. The standard InChI is InChI=1S/C9H11ClN2O3/c10-7-2-1-6(9(13)3-4-11)5-8(7)12(14)15/h1-2,5,9,13H,3-4,11H2/t9-/m0/s1. The first-order chi connectivity index (χ1) is 7.06. The zero-order valence-corrected chi connectivity index (χ0v) is 8.65. The lowest BCUT2D eigenvalue weighted by atomic mass is 10.1. The lowest BCUT2D eigenvalue weighted by Crippen LogP contribution is -2.07. The van der Waals surface area contributed by atoms with Crippen molar-refractivity contribution in [3.63, 3.8) is 0 Å². The summed E-state index contributed by atoms with van der Waals surface area (Å²) >= 11 is 5.62. The highest BCUT2D eigenvalue weighted by Crippen LogP contribution is 2.28. The first-order valence-electron chi connectivity index (χ1n) is 4.38. The molecule has 6 heteroatoms. The summed E-state index contributed by atoms with van der Waals surface area (Å²) in [5.41, 5.74) is 5.53. The quantitative estimate of drug-likeness (QED) is 0.608. The van der Waals surface area contributed by atoms with Crippen LogP contribution in [0.3, 0.4) is 0 Å². The molecular weight excluding hydrogens is 220 g/mol. The Balaban J connectivity index is 3.02. The Bertz CT molecular complexity index is 370. The molecule has 0 unspecified atom stereocenters. The van der Waals surface area contributed by atoms with Crippen molar-refractivity contribution < 1.29 is 10.0 Å². The number of rotatable bonds is 4. The van der Waals surface area contributed by atoms with E-state index in [1.807, 2.05) is 0 Å². The summed E-state index contributed by atoms with van der Waals surface area (Å²) in [7, 11) is 0. The zero-order valence-electron chi connectivity index (χ0n) is 7.89. The van der Waals surface area contributed by atoms with Crippen molar-refractivity contribution in [2.45, 2.75) is 12.5 Å². The molecule has 0 saturated carbocycles. The van der Waals surface area contributed by atoms with Gasteiger partial charge in [0.2, 0.25) is 0 Å². The molecule has 82 valence electrons. The summed E-state index contributed by atoms with van der Waals surface area (Å²) in [4.78, 5) is 9.99. The van der Waals surface area contributed by atoms with Crippen LogP contribution in [0.2, 0.25) is 5.02 Å². The van der Waals surface area contributed by atoms with Gasteiger partial charge in [-0.1, -0.05) is 17.7 Å². The average molecular weight is 231 g/mol. The fourth-order valence-electron chi connectivity index (χ4n) is 1.20. The molecule has 1 aromatic carbocycles. The minimum atomic E-state index is -0.786. The van der Waals surface area contributed by atoms with Crippen LogP contribution in [-0.4, -0.2) is 16.6 Å². The number of nitrogens with zero attached hydrogens (tertiary/aromatic N) is 1. The molecule has 1 atom stereocenters. The number of aliphatic hydroxyl groups is 1. The van der Waals surface area contributed by atoms with Gasteiger partial charge in [0.05, 0.1) is 11.0 Å². The lowest BCUT2D eigenvalue weighted by molar-refractivity contribution is -0.384. The van der Waals surface area contributed by atoms with E-state index in [1.54, 1.807) is 6.07 Å². The van der Waals surface area contributed by atoms with Crippen molar-refractivity contribution in [2.75, 3.05) is 6.54 Å². The monoisotopic (exact) mass is 230 g/mol. The second-order valence-electron chi connectivity index (χ2n) is 3.06. The number of nitro benzene ring substituents is 1. The second-order valence-corrected chi connectivity index (χ2v) is 3.47.